The maximum atomic E-state index is 12.4. The lowest BCUT2D eigenvalue weighted by Crippen LogP contribution is -2.13. The summed E-state index contributed by atoms with van der Waals surface area (Å²) in [4.78, 5) is 14.4. The average Bonchev–Trinajstić information content (AvgIpc) is 2.73. The molecular formula is C15H15N3O3S. The molecule has 6 nitrogen and oxygen atoms in total. The summed E-state index contributed by atoms with van der Waals surface area (Å²) in [7, 11) is -2.01. The molecule has 0 atom stereocenters. The lowest BCUT2D eigenvalue weighted by Gasteiger charge is -2.08. The van der Waals surface area contributed by atoms with Crippen molar-refractivity contribution in [1.82, 2.24) is 9.55 Å². The summed E-state index contributed by atoms with van der Waals surface area (Å²) in [5.41, 5.74) is 2.32. The van der Waals surface area contributed by atoms with Crippen LogP contribution in [0.15, 0.2) is 52.2 Å². The number of sulfonamides is 1. The molecule has 3 aromatic rings. The van der Waals surface area contributed by atoms with E-state index in [9.17, 15) is 13.2 Å². The summed E-state index contributed by atoms with van der Waals surface area (Å²) in [6.07, 6.45) is 0. The van der Waals surface area contributed by atoms with Crippen molar-refractivity contribution >= 4 is 26.7 Å². The minimum Gasteiger partial charge on any atom is -0.305 e. The van der Waals surface area contributed by atoms with E-state index in [0.29, 0.717) is 16.7 Å². The molecular weight excluding hydrogens is 302 g/mol. The molecule has 3 rings (SSSR count). The quantitative estimate of drug-likeness (QED) is 0.774. The van der Waals surface area contributed by atoms with Crippen molar-refractivity contribution < 1.29 is 8.42 Å². The van der Waals surface area contributed by atoms with Crippen LogP contribution in [0, 0.1) is 6.92 Å². The molecule has 0 saturated carbocycles. The fourth-order valence-electron chi connectivity index (χ4n) is 2.30. The highest BCUT2D eigenvalue weighted by Gasteiger charge is 2.15. The molecule has 0 bridgehead atoms. The molecule has 0 aliphatic carbocycles. The third kappa shape index (κ3) is 2.50. The highest BCUT2D eigenvalue weighted by Crippen LogP contribution is 2.20. The van der Waals surface area contributed by atoms with E-state index in [1.807, 2.05) is 13.0 Å². The van der Waals surface area contributed by atoms with Crippen LogP contribution in [-0.4, -0.2) is 18.0 Å². The number of aromatic nitrogens is 2. The summed E-state index contributed by atoms with van der Waals surface area (Å²) >= 11 is 0. The molecule has 0 fully saturated rings. The summed E-state index contributed by atoms with van der Waals surface area (Å²) < 4.78 is 28.7. The van der Waals surface area contributed by atoms with Gasteiger partial charge in [-0.3, -0.25) is 9.29 Å². The minimum atomic E-state index is -3.66. The lowest BCUT2D eigenvalue weighted by atomic mass is 10.2. The second-order valence-electron chi connectivity index (χ2n) is 5.14. The zero-order valence-corrected chi connectivity index (χ0v) is 12.9. The Bertz CT molecular complexity index is 1020. The van der Waals surface area contributed by atoms with Gasteiger partial charge in [0.15, 0.2) is 0 Å². The molecule has 2 N–H and O–H groups in total. The van der Waals surface area contributed by atoms with Crippen molar-refractivity contribution in [3.8, 4) is 0 Å². The monoisotopic (exact) mass is 317 g/mol. The number of hydrogen-bond acceptors (Lipinski definition) is 3. The number of hydrogen-bond donors (Lipinski definition) is 2. The van der Waals surface area contributed by atoms with Crippen molar-refractivity contribution in [1.29, 1.82) is 0 Å². The van der Waals surface area contributed by atoms with E-state index in [1.54, 1.807) is 37.4 Å². The van der Waals surface area contributed by atoms with Gasteiger partial charge in [0.2, 0.25) is 0 Å². The van der Waals surface area contributed by atoms with Gasteiger partial charge in [-0.15, -0.1) is 0 Å². The maximum Gasteiger partial charge on any atom is 0.326 e. The second-order valence-corrected chi connectivity index (χ2v) is 6.83. The Morgan fingerprint density at radius 3 is 2.64 bits per heavy atom. The third-order valence-electron chi connectivity index (χ3n) is 3.46. The van der Waals surface area contributed by atoms with Crippen LogP contribution in [0.25, 0.3) is 11.0 Å². The first-order valence-electron chi connectivity index (χ1n) is 6.65. The number of nitrogens with one attached hydrogen (secondary N) is 2. The van der Waals surface area contributed by atoms with Gasteiger partial charge in [0.1, 0.15) is 0 Å². The van der Waals surface area contributed by atoms with Gasteiger partial charge in [0.05, 0.1) is 21.6 Å². The lowest BCUT2D eigenvalue weighted by molar-refractivity contribution is 0.601. The van der Waals surface area contributed by atoms with Crippen molar-refractivity contribution in [2.75, 3.05) is 4.72 Å². The molecule has 0 amide bonds. The van der Waals surface area contributed by atoms with Crippen LogP contribution in [0.5, 0.6) is 0 Å². The van der Waals surface area contributed by atoms with Crippen LogP contribution >= 0.6 is 0 Å². The van der Waals surface area contributed by atoms with Gasteiger partial charge in [-0.05, 0) is 42.8 Å². The Kier molecular flexibility index (Phi) is 3.29. The van der Waals surface area contributed by atoms with Gasteiger partial charge < -0.3 is 4.98 Å². The number of rotatable bonds is 3. The molecule has 7 heteroatoms. The van der Waals surface area contributed by atoms with Crippen LogP contribution in [0.4, 0.5) is 5.69 Å². The van der Waals surface area contributed by atoms with Gasteiger partial charge in [-0.25, -0.2) is 13.2 Å². The first-order chi connectivity index (χ1) is 10.4. The number of fused-ring (bicyclic) bond motifs is 1. The number of anilines is 1. The second kappa shape index (κ2) is 5.03. The van der Waals surface area contributed by atoms with Gasteiger partial charge in [0.25, 0.3) is 10.0 Å². The molecule has 114 valence electrons. The zero-order chi connectivity index (χ0) is 15.9. The van der Waals surface area contributed by atoms with Crippen LogP contribution in [0.1, 0.15) is 5.56 Å². The van der Waals surface area contributed by atoms with Crippen molar-refractivity contribution in [3.63, 3.8) is 0 Å². The van der Waals surface area contributed by atoms with Gasteiger partial charge in [-0.2, -0.15) is 0 Å². The van der Waals surface area contributed by atoms with Gasteiger partial charge >= 0.3 is 5.69 Å². The SMILES string of the molecule is Cc1cccc(S(=O)(=O)Nc2ccc3c(c2)[nH]c(=O)n3C)c1. The first-order valence-corrected chi connectivity index (χ1v) is 8.13. The highest BCUT2D eigenvalue weighted by molar-refractivity contribution is 7.92. The van der Waals surface area contributed by atoms with Crippen LogP contribution in [-0.2, 0) is 17.1 Å². The molecule has 0 aliphatic heterocycles. The van der Waals surface area contributed by atoms with E-state index in [0.717, 1.165) is 5.56 Å². The first kappa shape index (κ1) is 14.4. The summed E-state index contributed by atoms with van der Waals surface area (Å²) in [6.45, 7) is 1.83. The Morgan fingerprint density at radius 2 is 1.91 bits per heavy atom. The van der Waals surface area contributed by atoms with Crippen molar-refractivity contribution in [2.45, 2.75) is 11.8 Å². The van der Waals surface area contributed by atoms with E-state index in [1.165, 1.54) is 10.6 Å². The number of aryl methyl sites for hydroxylation is 2. The number of imidazole rings is 1. The van der Waals surface area contributed by atoms with Gasteiger partial charge in [-0.1, -0.05) is 12.1 Å². The summed E-state index contributed by atoms with van der Waals surface area (Å²) in [5.74, 6) is 0. The third-order valence-corrected chi connectivity index (χ3v) is 4.84. The van der Waals surface area contributed by atoms with Crippen LogP contribution < -0.4 is 10.4 Å². The molecule has 0 saturated heterocycles. The number of H-pyrrole nitrogens is 1. The fraction of sp³-hybridized carbons (Fsp3) is 0.133. The van der Waals surface area contributed by atoms with E-state index in [4.69, 9.17) is 0 Å². The predicted octanol–water partition coefficient (Wildman–Crippen LogP) is 1.98. The van der Waals surface area contributed by atoms with Crippen molar-refractivity contribution in [2.24, 2.45) is 7.05 Å². The maximum absolute atomic E-state index is 12.4. The minimum absolute atomic E-state index is 0.203. The summed E-state index contributed by atoms with van der Waals surface area (Å²) in [6, 6.07) is 11.6. The Balaban J connectivity index is 2.00. The molecule has 0 aliphatic rings. The molecule has 22 heavy (non-hydrogen) atoms. The van der Waals surface area contributed by atoms with E-state index >= 15 is 0 Å². The number of nitrogens with zero attached hydrogens (tertiary/aromatic N) is 1. The predicted molar refractivity (Wildman–Crippen MR) is 85.5 cm³/mol. The molecule has 0 unspecified atom stereocenters. The molecule has 0 spiro atoms. The molecule has 1 heterocycles. The van der Waals surface area contributed by atoms with Crippen molar-refractivity contribution in [3.05, 3.63) is 58.5 Å². The normalized spacial score (nSPS) is 11.7. The Morgan fingerprint density at radius 1 is 1.14 bits per heavy atom. The molecule has 2 aromatic carbocycles. The summed E-state index contributed by atoms with van der Waals surface area (Å²) in [5, 5.41) is 0. The van der Waals surface area contributed by atoms with Crippen LogP contribution in [0.2, 0.25) is 0 Å². The topological polar surface area (TPSA) is 84.0 Å². The van der Waals surface area contributed by atoms with E-state index in [-0.39, 0.29) is 10.6 Å². The smallest absolute Gasteiger partial charge is 0.305 e. The fourth-order valence-corrected chi connectivity index (χ4v) is 3.45. The highest BCUT2D eigenvalue weighted by atomic mass is 32.2. The largest absolute Gasteiger partial charge is 0.326 e. The van der Waals surface area contributed by atoms with Gasteiger partial charge in [0, 0.05) is 7.05 Å². The average molecular weight is 317 g/mol. The Labute approximate surface area is 127 Å². The van der Waals surface area contributed by atoms with E-state index < -0.39 is 10.0 Å². The Hall–Kier alpha value is -2.54. The zero-order valence-electron chi connectivity index (χ0n) is 12.1. The number of aromatic amines is 1. The standard InChI is InChI=1S/C15H15N3O3S/c1-10-4-3-5-12(8-10)22(20,21)17-11-6-7-14-13(9-11)16-15(19)18(14)2/h3-9,17H,1-2H3,(H,16,19). The molecule has 0 radical (unpaired) electrons. The number of benzene rings is 2. The van der Waals surface area contributed by atoms with E-state index in [2.05, 4.69) is 9.71 Å². The molecule has 1 aromatic heterocycles. The van der Waals surface area contributed by atoms with Crippen LogP contribution in [0.3, 0.4) is 0 Å².